The van der Waals surface area contributed by atoms with Gasteiger partial charge in [0.15, 0.2) is 0 Å². The van der Waals surface area contributed by atoms with Gasteiger partial charge in [0.05, 0.1) is 0 Å². The maximum atomic E-state index is 6.00. The molecule has 18 heavy (non-hydrogen) atoms. The average Bonchev–Trinajstić information content (AvgIpc) is 2.36. The first kappa shape index (κ1) is 12.8. The molecule has 1 aromatic rings. The summed E-state index contributed by atoms with van der Waals surface area (Å²) in [5.74, 6) is 2.58. The normalized spacial score (nSPS) is 19.7. The number of hydrogen-bond acceptors (Lipinski definition) is 5. The molecule has 0 aromatic carbocycles. The van der Waals surface area contributed by atoms with Crippen LogP contribution in [-0.4, -0.2) is 35.6 Å². The Hall–Kier alpha value is -1.62. The monoisotopic (exact) mass is 247 g/mol. The second-order valence-corrected chi connectivity index (χ2v) is 4.68. The molecule has 3 N–H and O–H groups in total. The lowest BCUT2D eigenvalue weighted by atomic mass is 10.1. The van der Waals surface area contributed by atoms with Crippen LogP contribution in [0, 0.1) is 6.92 Å². The fourth-order valence-electron chi connectivity index (χ4n) is 2.20. The third-order valence-electron chi connectivity index (χ3n) is 3.03. The molecular weight excluding hydrogens is 226 g/mol. The van der Waals surface area contributed by atoms with Gasteiger partial charge in [-0.2, -0.15) is 0 Å². The van der Waals surface area contributed by atoms with Gasteiger partial charge in [-0.1, -0.05) is 6.08 Å². The van der Waals surface area contributed by atoms with E-state index in [0.29, 0.717) is 6.54 Å². The van der Waals surface area contributed by atoms with Crippen molar-refractivity contribution in [3.63, 3.8) is 0 Å². The van der Waals surface area contributed by atoms with Crippen LogP contribution in [0.2, 0.25) is 0 Å². The van der Waals surface area contributed by atoms with Gasteiger partial charge in [0.1, 0.15) is 17.5 Å². The first-order chi connectivity index (χ1) is 8.69. The van der Waals surface area contributed by atoms with E-state index in [1.807, 2.05) is 19.1 Å². The van der Waals surface area contributed by atoms with Gasteiger partial charge in [-0.15, -0.1) is 6.58 Å². The molecule has 1 aromatic heterocycles. The van der Waals surface area contributed by atoms with Crippen LogP contribution < -0.4 is 16.0 Å². The van der Waals surface area contributed by atoms with Crippen molar-refractivity contribution in [2.24, 2.45) is 5.73 Å². The minimum absolute atomic E-state index is 0.249. The Morgan fingerprint density at radius 3 is 3.17 bits per heavy atom. The summed E-state index contributed by atoms with van der Waals surface area (Å²) in [5.41, 5.74) is 6.00. The quantitative estimate of drug-likeness (QED) is 0.785. The molecule has 1 saturated heterocycles. The molecule has 98 valence electrons. The van der Waals surface area contributed by atoms with Crippen LogP contribution >= 0.6 is 0 Å². The van der Waals surface area contributed by atoms with Crippen molar-refractivity contribution in [2.45, 2.75) is 25.8 Å². The summed E-state index contributed by atoms with van der Waals surface area (Å²) >= 11 is 0. The minimum Gasteiger partial charge on any atom is -0.366 e. The molecule has 5 nitrogen and oxygen atoms in total. The van der Waals surface area contributed by atoms with Crippen molar-refractivity contribution < 1.29 is 0 Å². The molecule has 1 aliphatic heterocycles. The maximum absolute atomic E-state index is 6.00. The fourth-order valence-corrected chi connectivity index (χ4v) is 2.20. The van der Waals surface area contributed by atoms with Crippen molar-refractivity contribution >= 4 is 11.6 Å². The molecular formula is C13H21N5. The Kier molecular flexibility index (Phi) is 4.15. The summed E-state index contributed by atoms with van der Waals surface area (Å²) in [5, 5.41) is 3.20. The number of aromatic nitrogens is 2. The van der Waals surface area contributed by atoms with Gasteiger partial charge >= 0.3 is 0 Å². The van der Waals surface area contributed by atoms with E-state index in [2.05, 4.69) is 26.8 Å². The number of aryl methyl sites for hydroxylation is 1. The molecule has 0 radical (unpaired) electrons. The van der Waals surface area contributed by atoms with E-state index in [4.69, 9.17) is 5.73 Å². The van der Waals surface area contributed by atoms with Gasteiger partial charge < -0.3 is 16.0 Å². The summed E-state index contributed by atoms with van der Waals surface area (Å²) in [6.07, 6.45) is 4.04. The Morgan fingerprint density at radius 2 is 2.44 bits per heavy atom. The summed E-state index contributed by atoms with van der Waals surface area (Å²) < 4.78 is 0. The SMILES string of the molecule is C=CCNc1cc(N2CCCC(N)C2)nc(C)n1. The maximum Gasteiger partial charge on any atom is 0.134 e. The Morgan fingerprint density at radius 1 is 1.61 bits per heavy atom. The van der Waals surface area contributed by atoms with Crippen LogP contribution in [0.1, 0.15) is 18.7 Å². The Balaban J connectivity index is 2.15. The highest BCUT2D eigenvalue weighted by Crippen LogP contribution is 2.19. The van der Waals surface area contributed by atoms with Crippen molar-refractivity contribution in [3.8, 4) is 0 Å². The number of anilines is 2. The highest BCUT2D eigenvalue weighted by Gasteiger charge is 2.18. The number of nitrogens with zero attached hydrogens (tertiary/aromatic N) is 3. The van der Waals surface area contributed by atoms with Gasteiger partial charge in [-0.3, -0.25) is 0 Å². The fraction of sp³-hybridized carbons (Fsp3) is 0.538. The van der Waals surface area contributed by atoms with E-state index in [-0.39, 0.29) is 6.04 Å². The van der Waals surface area contributed by atoms with E-state index in [1.54, 1.807) is 0 Å². The van der Waals surface area contributed by atoms with E-state index < -0.39 is 0 Å². The molecule has 2 rings (SSSR count). The second kappa shape index (κ2) is 5.82. The minimum atomic E-state index is 0.249. The van der Waals surface area contributed by atoms with Crippen LogP contribution in [0.5, 0.6) is 0 Å². The standard InChI is InChI=1S/C13H21N5/c1-3-6-15-12-8-13(17-10(2)16-12)18-7-4-5-11(14)9-18/h3,8,11H,1,4-7,9,14H2,2H3,(H,15,16,17). The lowest BCUT2D eigenvalue weighted by Gasteiger charge is -2.31. The van der Waals surface area contributed by atoms with Gasteiger partial charge in [0, 0.05) is 31.7 Å². The molecule has 0 aliphatic carbocycles. The molecule has 2 heterocycles. The molecule has 0 saturated carbocycles. The predicted octanol–water partition coefficient (Wildman–Crippen LogP) is 1.31. The van der Waals surface area contributed by atoms with Crippen molar-refractivity contribution in [2.75, 3.05) is 29.9 Å². The first-order valence-corrected chi connectivity index (χ1v) is 6.40. The first-order valence-electron chi connectivity index (χ1n) is 6.40. The average molecular weight is 247 g/mol. The van der Waals surface area contributed by atoms with Gasteiger partial charge in [0.25, 0.3) is 0 Å². The lowest BCUT2D eigenvalue weighted by molar-refractivity contribution is 0.503. The summed E-state index contributed by atoms with van der Waals surface area (Å²) in [7, 11) is 0. The zero-order chi connectivity index (χ0) is 13.0. The summed E-state index contributed by atoms with van der Waals surface area (Å²) in [6, 6.07) is 2.23. The highest BCUT2D eigenvalue weighted by molar-refractivity contribution is 5.50. The predicted molar refractivity (Wildman–Crippen MR) is 74.9 cm³/mol. The van der Waals surface area contributed by atoms with E-state index in [0.717, 1.165) is 43.4 Å². The molecule has 0 spiro atoms. The molecule has 5 heteroatoms. The zero-order valence-electron chi connectivity index (χ0n) is 10.9. The largest absolute Gasteiger partial charge is 0.366 e. The van der Waals surface area contributed by atoms with E-state index in [9.17, 15) is 0 Å². The summed E-state index contributed by atoms with van der Waals surface area (Å²) in [6.45, 7) is 8.19. The van der Waals surface area contributed by atoms with Crippen molar-refractivity contribution in [1.29, 1.82) is 0 Å². The van der Waals surface area contributed by atoms with E-state index >= 15 is 0 Å². The van der Waals surface area contributed by atoms with Crippen LogP contribution in [0.25, 0.3) is 0 Å². The number of rotatable bonds is 4. The molecule has 1 fully saturated rings. The topological polar surface area (TPSA) is 67.1 Å². The highest BCUT2D eigenvalue weighted by atomic mass is 15.2. The van der Waals surface area contributed by atoms with Crippen LogP contribution in [-0.2, 0) is 0 Å². The van der Waals surface area contributed by atoms with Crippen molar-refractivity contribution in [1.82, 2.24) is 9.97 Å². The number of piperidine rings is 1. The summed E-state index contributed by atoms with van der Waals surface area (Å²) in [4.78, 5) is 11.1. The van der Waals surface area contributed by atoms with Crippen LogP contribution in [0.15, 0.2) is 18.7 Å². The number of hydrogen-bond donors (Lipinski definition) is 2. The number of nitrogens with two attached hydrogens (primary N) is 1. The lowest BCUT2D eigenvalue weighted by Crippen LogP contribution is -2.43. The molecule has 1 aliphatic rings. The smallest absolute Gasteiger partial charge is 0.134 e. The molecule has 0 bridgehead atoms. The van der Waals surface area contributed by atoms with Crippen LogP contribution in [0.4, 0.5) is 11.6 Å². The third kappa shape index (κ3) is 3.20. The van der Waals surface area contributed by atoms with Crippen molar-refractivity contribution in [3.05, 3.63) is 24.5 Å². The van der Waals surface area contributed by atoms with Gasteiger partial charge in [-0.25, -0.2) is 9.97 Å². The Labute approximate surface area is 108 Å². The van der Waals surface area contributed by atoms with Gasteiger partial charge in [-0.05, 0) is 19.8 Å². The van der Waals surface area contributed by atoms with E-state index in [1.165, 1.54) is 0 Å². The molecule has 1 atom stereocenters. The van der Waals surface area contributed by atoms with Gasteiger partial charge in [0.2, 0.25) is 0 Å². The Bertz CT molecular complexity index is 418. The molecule has 0 amide bonds. The molecule has 1 unspecified atom stereocenters. The second-order valence-electron chi connectivity index (χ2n) is 4.68. The zero-order valence-corrected chi connectivity index (χ0v) is 10.9. The third-order valence-corrected chi connectivity index (χ3v) is 3.03. The number of nitrogens with one attached hydrogen (secondary N) is 1. The van der Waals surface area contributed by atoms with Crippen LogP contribution in [0.3, 0.4) is 0 Å².